The molecule has 1 N–H and O–H groups in total. The first kappa shape index (κ1) is 16.8. The Morgan fingerprint density at radius 1 is 1.40 bits per heavy atom. The summed E-state index contributed by atoms with van der Waals surface area (Å²) >= 11 is 11.5. The van der Waals surface area contributed by atoms with Crippen molar-refractivity contribution < 1.29 is 13.9 Å². The molecule has 1 aromatic rings. The van der Waals surface area contributed by atoms with Crippen LogP contribution in [0.15, 0.2) is 18.2 Å². The van der Waals surface area contributed by atoms with E-state index in [1.165, 1.54) is 6.07 Å². The van der Waals surface area contributed by atoms with Gasteiger partial charge in [-0.25, -0.2) is 9.18 Å². The van der Waals surface area contributed by atoms with Crippen LogP contribution >= 0.6 is 23.2 Å². The highest BCUT2D eigenvalue weighted by molar-refractivity contribution is 6.34. The van der Waals surface area contributed by atoms with Crippen molar-refractivity contribution in [1.29, 1.82) is 0 Å². The summed E-state index contributed by atoms with van der Waals surface area (Å²) < 4.78 is 18.4. The molecule has 0 atom stereocenters. The van der Waals surface area contributed by atoms with E-state index in [0.717, 1.165) is 6.07 Å². The van der Waals surface area contributed by atoms with E-state index in [-0.39, 0.29) is 16.6 Å². The van der Waals surface area contributed by atoms with Crippen LogP contribution < -0.4 is 5.32 Å². The van der Waals surface area contributed by atoms with Crippen molar-refractivity contribution in [1.82, 2.24) is 5.32 Å². The lowest BCUT2D eigenvalue weighted by Gasteiger charge is -2.19. The second-order valence-corrected chi connectivity index (χ2v) is 5.89. The molecule has 0 saturated carbocycles. The highest BCUT2D eigenvalue weighted by Gasteiger charge is 2.15. The van der Waals surface area contributed by atoms with Crippen molar-refractivity contribution in [3.05, 3.63) is 39.6 Å². The first-order chi connectivity index (χ1) is 9.19. The molecule has 6 heteroatoms. The van der Waals surface area contributed by atoms with E-state index in [9.17, 15) is 9.18 Å². The Morgan fingerprint density at radius 2 is 2.05 bits per heavy atom. The molecule has 110 valence electrons. The third kappa shape index (κ3) is 5.80. The van der Waals surface area contributed by atoms with Crippen molar-refractivity contribution in [3.63, 3.8) is 0 Å². The Labute approximate surface area is 127 Å². The molecule has 0 aliphatic carbocycles. The standard InChI is InChI=1S/C14H16Cl2FNO2/c1-14(2,3)20-13(19)18-6-4-5-9-7-10(15)8-11(17)12(9)16/h4-5,7-8H,6H2,1-3H3,(H,18,19). The number of alkyl carbamates (subject to hydrolysis) is 1. The largest absolute Gasteiger partial charge is 0.444 e. The van der Waals surface area contributed by atoms with Gasteiger partial charge in [0, 0.05) is 11.6 Å². The van der Waals surface area contributed by atoms with Gasteiger partial charge in [-0.2, -0.15) is 0 Å². The van der Waals surface area contributed by atoms with Crippen LogP contribution in [0.5, 0.6) is 0 Å². The molecule has 0 aliphatic rings. The van der Waals surface area contributed by atoms with Crippen LogP contribution in [-0.2, 0) is 4.74 Å². The van der Waals surface area contributed by atoms with Gasteiger partial charge in [0.1, 0.15) is 11.4 Å². The molecule has 0 bridgehead atoms. The highest BCUT2D eigenvalue weighted by Crippen LogP contribution is 2.25. The Morgan fingerprint density at radius 3 is 2.65 bits per heavy atom. The Kier molecular flexibility index (Phi) is 5.84. The monoisotopic (exact) mass is 319 g/mol. The van der Waals surface area contributed by atoms with E-state index < -0.39 is 17.5 Å². The van der Waals surface area contributed by atoms with Crippen molar-refractivity contribution in [3.8, 4) is 0 Å². The molecule has 1 amide bonds. The van der Waals surface area contributed by atoms with Gasteiger partial charge in [0.25, 0.3) is 0 Å². The van der Waals surface area contributed by atoms with Gasteiger partial charge in [-0.15, -0.1) is 0 Å². The van der Waals surface area contributed by atoms with Crippen LogP contribution in [0.3, 0.4) is 0 Å². The molecule has 0 unspecified atom stereocenters. The minimum absolute atomic E-state index is 0.0112. The number of hydrogen-bond donors (Lipinski definition) is 1. The normalized spacial score (nSPS) is 11.7. The zero-order chi connectivity index (χ0) is 15.3. The Balaban J connectivity index is 2.56. The molecule has 1 aromatic carbocycles. The smallest absolute Gasteiger partial charge is 0.407 e. The molecular weight excluding hydrogens is 304 g/mol. The minimum Gasteiger partial charge on any atom is -0.444 e. The van der Waals surface area contributed by atoms with Crippen LogP contribution in [0.2, 0.25) is 10.0 Å². The van der Waals surface area contributed by atoms with Gasteiger partial charge in [-0.1, -0.05) is 35.4 Å². The maximum atomic E-state index is 13.3. The first-order valence-electron chi connectivity index (χ1n) is 5.97. The number of rotatable bonds is 3. The third-order valence-corrected chi connectivity index (χ3v) is 2.70. The van der Waals surface area contributed by atoms with E-state index in [2.05, 4.69) is 5.32 Å². The fourth-order valence-electron chi connectivity index (χ4n) is 1.34. The lowest BCUT2D eigenvalue weighted by molar-refractivity contribution is 0.0534. The topological polar surface area (TPSA) is 38.3 Å². The zero-order valence-corrected chi connectivity index (χ0v) is 13.0. The molecule has 1 rings (SSSR count). The maximum absolute atomic E-state index is 13.3. The average Bonchev–Trinajstić information content (AvgIpc) is 2.28. The number of hydrogen-bond acceptors (Lipinski definition) is 2. The van der Waals surface area contributed by atoms with Crippen LogP contribution in [0.1, 0.15) is 26.3 Å². The number of carbonyl (C=O) groups excluding carboxylic acids is 1. The van der Waals surface area contributed by atoms with Crippen molar-refractivity contribution in [2.24, 2.45) is 0 Å². The van der Waals surface area contributed by atoms with Crippen molar-refractivity contribution in [2.45, 2.75) is 26.4 Å². The summed E-state index contributed by atoms with van der Waals surface area (Å²) in [6, 6.07) is 2.68. The lowest BCUT2D eigenvalue weighted by Crippen LogP contribution is -2.32. The molecule has 0 radical (unpaired) electrons. The molecule has 0 heterocycles. The molecule has 0 aromatic heterocycles. The Bertz CT molecular complexity index is 525. The van der Waals surface area contributed by atoms with Crippen LogP contribution in [0.25, 0.3) is 6.08 Å². The summed E-state index contributed by atoms with van der Waals surface area (Å²) in [7, 11) is 0. The third-order valence-electron chi connectivity index (χ3n) is 2.08. The van der Waals surface area contributed by atoms with Gasteiger partial charge in [0.05, 0.1) is 5.02 Å². The van der Waals surface area contributed by atoms with E-state index in [4.69, 9.17) is 27.9 Å². The van der Waals surface area contributed by atoms with Crippen LogP contribution in [-0.4, -0.2) is 18.2 Å². The second-order valence-electron chi connectivity index (χ2n) is 5.08. The predicted molar refractivity (Wildman–Crippen MR) is 79.7 cm³/mol. The predicted octanol–water partition coefficient (Wildman–Crippen LogP) is 4.67. The number of ether oxygens (including phenoxy) is 1. The quantitative estimate of drug-likeness (QED) is 0.822. The van der Waals surface area contributed by atoms with Crippen molar-refractivity contribution >= 4 is 35.4 Å². The summed E-state index contributed by atoms with van der Waals surface area (Å²) in [6.07, 6.45) is 2.68. The van der Waals surface area contributed by atoms with Gasteiger partial charge in [-0.05, 0) is 38.5 Å². The summed E-state index contributed by atoms with van der Waals surface area (Å²) in [5.74, 6) is -0.584. The molecular formula is C14H16Cl2FNO2. The van der Waals surface area contributed by atoms with Crippen LogP contribution in [0.4, 0.5) is 9.18 Å². The SMILES string of the molecule is CC(C)(C)OC(=O)NCC=Cc1cc(Cl)cc(F)c1Cl. The molecule has 0 saturated heterocycles. The van der Waals surface area contributed by atoms with Crippen LogP contribution in [0, 0.1) is 5.82 Å². The summed E-state index contributed by atoms with van der Waals surface area (Å²) in [5.41, 5.74) is -0.102. The van der Waals surface area contributed by atoms with E-state index in [0.29, 0.717) is 5.56 Å². The number of benzene rings is 1. The summed E-state index contributed by atoms with van der Waals surface area (Å²) in [5, 5.41) is 2.79. The molecule has 0 fully saturated rings. The van der Waals surface area contributed by atoms with Gasteiger partial charge in [0.2, 0.25) is 0 Å². The fourth-order valence-corrected chi connectivity index (χ4v) is 1.72. The average molecular weight is 320 g/mol. The summed E-state index contributed by atoms with van der Waals surface area (Å²) in [6.45, 7) is 5.56. The fraction of sp³-hybridized carbons (Fsp3) is 0.357. The van der Waals surface area contributed by atoms with Gasteiger partial charge < -0.3 is 10.1 Å². The number of nitrogens with one attached hydrogen (secondary N) is 1. The van der Waals surface area contributed by atoms with E-state index >= 15 is 0 Å². The first-order valence-corrected chi connectivity index (χ1v) is 6.72. The van der Waals surface area contributed by atoms with Gasteiger partial charge >= 0.3 is 6.09 Å². The number of carbonyl (C=O) groups is 1. The second kappa shape index (κ2) is 6.95. The summed E-state index contributed by atoms with van der Waals surface area (Å²) in [4.78, 5) is 11.4. The minimum atomic E-state index is -0.584. The Hall–Kier alpha value is -1.26. The number of halogens is 3. The van der Waals surface area contributed by atoms with E-state index in [1.807, 2.05) is 0 Å². The molecule has 0 spiro atoms. The lowest BCUT2D eigenvalue weighted by atomic mass is 10.2. The zero-order valence-electron chi connectivity index (χ0n) is 11.5. The highest BCUT2D eigenvalue weighted by atomic mass is 35.5. The molecule has 3 nitrogen and oxygen atoms in total. The van der Waals surface area contributed by atoms with Gasteiger partial charge in [-0.3, -0.25) is 0 Å². The maximum Gasteiger partial charge on any atom is 0.407 e. The van der Waals surface area contributed by atoms with E-state index in [1.54, 1.807) is 32.9 Å². The van der Waals surface area contributed by atoms with Gasteiger partial charge in [0.15, 0.2) is 0 Å². The molecule has 20 heavy (non-hydrogen) atoms. The molecule has 0 aliphatic heterocycles. The van der Waals surface area contributed by atoms with Crippen molar-refractivity contribution in [2.75, 3.05) is 6.54 Å². The number of amides is 1.